The Morgan fingerprint density at radius 3 is 2.91 bits per heavy atom. The van der Waals surface area contributed by atoms with Crippen LogP contribution in [-0.2, 0) is 0 Å². The van der Waals surface area contributed by atoms with Gasteiger partial charge >= 0.3 is 0 Å². The van der Waals surface area contributed by atoms with Crippen LogP contribution in [0.15, 0.2) is 67.0 Å². The molecule has 33 heavy (non-hydrogen) atoms. The van der Waals surface area contributed by atoms with E-state index in [9.17, 15) is 4.79 Å². The smallest absolute Gasteiger partial charge is 0.255 e. The van der Waals surface area contributed by atoms with Crippen LogP contribution in [-0.4, -0.2) is 41.7 Å². The first kappa shape index (κ1) is 20.7. The number of anilines is 2. The number of rotatable bonds is 6. The summed E-state index contributed by atoms with van der Waals surface area (Å²) in [5.41, 5.74) is 2.44. The van der Waals surface area contributed by atoms with Crippen LogP contribution in [0.3, 0.4) is 0 Å². The number of methoxy groups -OCH3 is 1. The van der Waals surface area contributed by atoms with Crippen molar-refractivity contribution in [2.75, 3.05) is 31.0 Å². The lowest BCUT2D eigenvalue weighted by atomic mass is 10.0. The Kier molecular flexibility index (Phi) is 5.26. The molecule has 8 heteroatoms. The molecular formula is C25H24N4O4. The molecular weight excluding hydrogens is 420 g/mol. The Morgan fingerprint density at radius 1 is 1.18 bits per heavy atom. The van der Waals surface area contributed by atoms with Gasteiger partial charge in [-0.1, -0.05) is 0 Å². The number of amides is 1. The molecule has 3 heterocycles. The van der Waals surface area contributed by atoms with Gasteiger partial charge in [0.25, 0.3) is 5.91 Å². The number of nitrogens with one attached hydrogen (secondary N) is 3. The van der Waals surface area contributed by atoms with Gasteiger partial charge in [0.1, 0.15) is 30.3 Å². The van der Waals surface area contributed by atoms with Gasteiger partial charge in [-0.15, -0.1) is 0 Å². The topological polar surface area (TPSA) is 97.5 Å². The predicted molar refractivity (Wildman–Crippen MR) is 127 cm³/mol. The molecule has 168 valence electrons. The highest BCUT2D eigenvalue weighted by Crippen LogP contribution is 2.34. The number of hydrogen-bond donors (Lipinski definition) is 3. The molecule has 0 saturated heterocycles. The van der Waals surface area contributed by atoms with Crippen molar-refractivity contribution < 1.29 is 19.0 Å². The maximum atomic E-state index is 12.7. The molecule has 0 saturated carbocycles. The Labute approximate surface area is 190 Å². The van der Waals surface area contributed by atoms with Crippen molar-refractivity contribution in [2.45, 2.75) is 12.5 Å². The molecule has 4 aromatic rings. The van der Waals surface area contributed by atoms with Crippen LogP contribution < -0.4 is 24.8 Å². The molecule has 0 fully saturated rings. The van der Waals surface area contributed by atoms with Crippen LogP contribution in [0.4, 0.5) is 11.4 Å². The monoisotopic (exact) mass is 444 g/mol. The summed E-state index contributed by atoms with van der Waals surface area (Å²) >= 11 is 0. The average molecular weight is 444 g/mol. The zero-order valence-corrected chi connectivity index (χ0v) is 18.3. The predicted octanol–water partition coefficient (Wildman–Crippen LogP) is 4.47. The second-order valence-corrected chi connectivity index (χ2v) is 8.24. The van der Waals surface area contributed by atoms with Crippen molar-refractivity contribution in [3.8, 4) is 17.4 Å². The average Bonchev–Trinajstić information content (AvgIpc) is 3.31. The molecule has 3 N–H and O–H groups in total. The molecule has 0 spiro atoms. The van der Waals surface area contributed by atoms with E-state index in [2.05, 4.69) is 20.6 Å². The molecule has 2 aromatic heterocycles. The zero-order valence-electron chi connectivity index (χ0n) is 18.3. The van der Waals surface area contributed by atoms with Crippen LogP contribution in [0.25, 0.3) is 10.9 Å². The van der Waals surface area contributed by atoms with Crippen molar-refractivity contribution >= 4 is 28.2 Å². The number of hydrogen-bond acceptors (Lipinski definition) is 6. The minimum Gasteiger partial charge on any atom is -0.491 e. The highest BCUT2D eigenvalue weighted by Gasteiger charge is 2.32. The van der Waals surface area contributed by atoms with Gasteiger partial charge in [0, 0.05) is 28.7 Å². The van der Waals surface area contributed by atoms with E-state index < -0.39 is 5.54 Å². The number of aromatic amines is 1. The number of H-pyrrole nitrogens is 1. The normalized spacial score (nSPS) is 16.9. The SMILES string of the molecule is COc1ccc(NC(=O)c2ccc3c(c2)NC(C)(COc2ccc4[nH]ccc4c2)CO3)cn1. The van der Waals surface area contributed by atoms with E-state index in [4.69, 9.17) is 14.2 Å². The molecule has 0 radical (unpaired) electrons. The van der Waals surface area contributed by atoms with Crippen LogP contribution in [0, 0.1) is 0 Å². The van der Waals surface area contributed by atoms with Gasteiger partial charge in [0.15, 0.2) is 0 Å². The van der Waals surface area contributed by atoms with E-state index in [1.54, 1.807) is 43.6 Å². The van der Waals surface area contributed by atoms with Gasteiger partial charge in [-0.25, -0.2) is 4.98 Å². The maximum absolute atomic E-state index is 12.7. The Balaban J connectivity index is 1.27. The molecule has 8 nitrogen and oxygen atoms in total. The highest BCUT2D eigenvalue weighted by atomic mass is 16.5. The highest BCUT2D eigenvalue weighted by molar-refractivity contribution is 6.05. The summed E-state index contributed by atoms with van der Waals surface area (Å²) in [6, 6.07) is 16.7. The zero-order chi connectivity index (χ0) is 22.8. The maximum Gasteiger partial charge on any atom is 0.255 e. The van der Waals surface area contributed by atoms with Gasteiger partial charge < -0.3 is 29.8 Å². The van der Waals surface area contributed by atoms with Crippen LogP contribution >= 0.6 is 0 Å². The fourth-order valence-corrected chi connectivity index (χ4v) is 3.71. The second kappa shape index (κ2) is 8.38. The molecule has 1 amide bonds. The van der Waals surface area contributed by atoms with Crippen molar-refractivity contribution in [3.05, 3.63) is 72.6 Å². The molecule has 1 aliphatic rings. The van der Waals surface area contributed by atoms with Crippen molar-refractivity contribution in [1.82, 2.24) is 9.97 Å². The standard InChI is InChI=1S/C25H24N4O4/c1-25(14-32-19-5-6-20-16(11-19)9-10-26-20)15-33-22-7-3-17(12-21(22)29-25)24(30)28-18-4-8-23(31-2)27-13-18/h3-13,26,29H,14-15H2,1-2H3,(H,28,30). The van der Waals surface area contributed by atoms with E-state index >= 15 is 0 Å². The molecule has 1 atom stereocenters. The lowest BCUT2D eigenvalue weighted by Crippen LogP contribution is -2.48. The van der Waals surface area contributed by atoms with Gasteiger partial charge in [-0.05, 0) is 55.5 Å². The summed E-state index contributed by atoms with van der Waals surface area (Å²) in [4.78, 5) is 20.0. The molecule has 0 aliphatic carbocycles. The fourth-order valence-electron chi connectivity index (χ4n) is 3.71. The molecule has 5 rings (SSSR count). The Bertz CT molecular complexity index is 1300. The molecule has 1 aliphatic heterocycles. The minimum absolute atomic E-state index is 0.241. The molecule has 0 bridgehead atoms. The van der Waals surface area contributed by atoms with Crippen molar-refractivity contribution in [3.63, 3.8) is 0 Å². The van der Waals surface area contributed by atoms with Crippen LogP contribution in [0.2, 0.25) is 0 Å². The van der Waals surface area contributed by atoms with Crippen molar-refractivity contribution in [2.24, 2.45) is 0 Å². The second-order valence-electron chi connectivity index (χ2n) is 8.24. The lowest BCUT2D eigenvalue weighted by Gasteiger charge is -2.36. The number of ether oxygens (including phenoxy) is 3. The van der Waals surface area contributed by atoms with Gasteiger partial charge in [0.05, 0.1) is 24.7 Å². The first-order valence-corrected chi connectivity index (χ1v) is 10.6. The summed E-state index contributed by atoms with van der Waals surface area (Å²) in [6.07, 6.45) is 3.46. The number of benzene rings is 2. The van der Waals surface area contributed by atoms with E-state index in [0.717, 1.165) is 22.3 Å². The number of fused-ring (bicyclic) bond motifs is 2. The largest absolute Gasteiger partial charge is 0.491 e. The van der Waals surface area contributed by atoms with E-state index in [-0.39, 0.29) is 5.91 Å². The van der Waals surface area contributed by atoms with Gasteiger partial charge in [-0.2, -0.15) is 0 Å². The summed E-state index contributed by atoms with van der Waals surface area (Å²) in [7, 11) is 1.54. The summed E-state index contributed by atoms with van der Waals surface area (Å²) in [5, 5.41) is 7.42. The third-order valence-corrected chi connectivity index (χ3v) is 5.51. The Hall–Kier alpha value is -4.20. The van der Waals surface area contributed by atoms with Crippen LogP contribution in [0.5, 0.6) is 17.4 Å². The van der Waals surface area contributed by atoms with E-state index in [1.165, 1.54) is 0 Å². The van der Waals surface area contributed by atoms with Crippen molar-refractivity contribution in [1.29, 1.82) is 0 Å². The lowest BCUT2D eigenvalue weighted by molar-refractivity contribution is 0.102. The minimum atomic E-state index is -0.463. The van der Waals surface area contributed by atoms with E-state index in [0.29, 0.717) is 36.1 Å². The van der Waals surface area contributed by atoms with Gasteiger partial charge in [-0.3, -0.25) is 4.79 Å². The summed E-state index contributed by atoms with van der Waals surface area (Å²) in [5.74, 6) is 1.73. The molecule has 2 aromatic carbocycles. The first-order chi connectivity index (χ1) is 16.0. The quantitative estimate of drug-likeness (QED) is 0.406. The van der Waals surface area contributed by atoms with E-state index in [1.807, 2.05) is 37.4 Å². The molecule has 1 unspecified atom stereocenters. The first-order valence-electron chi connectivity index (χ1n) is 10.6. The fraction of sp³-hybridized carbons (Fsp3) is 0.200. The third-order valence-electron chi connectivity index (χ3n) is 5.51. The number of pyridine rings is 1. The summed E-state index contributed by atoms with van der Waals surface area (Å²) < 4.78 is 17.1. The number of carbonyl (C=O) groups is 1. The van der Waals surface area contributed by atoms with Gasteiger partial charge in [0.2, 0.25) is 5.88 Å². The van der Waals surface area contributed by atoms with Crippen LogP contribution in [0.1, 0.15) is 17.3 Å². The Morgan fingerprint density at radius 2 is 2.09 bits per heavy atom. The number of aromatic nitrogens is 2. The number of nitrogens with zero attached hydrogens (tertiary/aromatic N) is 1. The number of carbonyl (C=O) groups excluding carboxylic acids is 1. The summed E-state index contributed by atoms with van der Waals surface area (Å²) in [6.45, 7) is 2.87. The third kappa shape index (κ3) is 4.41.